The molecule has 2 atom stereocenters. The van der Waals surface area contributed by atoms with Gasteiger partial charge < -0.3 is 14.9 Å². The van der Waals surface area contributed by atoms with Crippen LogP contribution in [-0.4, -0.2) is 35.1 Å². The summed E-state index contributed by atoms with van der Waals surface area (Å²) >= 11 is 1.28. The topological polar surface area (TPSA) is 78.8 Å². The van der Waals surface area contributed by atoms with Crippen molar-refractivity contribution in [2.75, 3.05) is 13.7 Å². The van der Waals surface area contributed by atoms with Gasteiger partial charge in [0, 0.05) is 12.1 Å². The number of methoxy groups -OCH3 is 1. The van der Waals surface area contributed by atoms with Crippen LogP contribution in [-0.2, 0) is 4.79 Å². The largest absolute Gasteiger partial charge is 0.504 e. The maximum atomic E-state index is 10.8. The van der Waals surface area contributed by atoms with Gasteiger partial charge in [0.15, 0.2) is 11.5 Å². The zero-order chi connectivity index (χ0) is 12.4. The Bertz CT molecular complexity index is 437. The van der Waals surface area contributed by atoms with E-state index >= 15 is 0 Å². The molecule has 6 heteroatoms. The molecule has 0 spiro atoms. The summed E-state index contributed by atoms with van der Waals surface area (Å²) in [5, 5.41) is 21.2. The van der Waals surface area contributed by atoms with E-state index < -0.39 is 11.2 Å². The number of phenolic OH excluding ortho intramolecular Hbond substituents is 1. The first-order valence-corrected chi connectivity index (χ1v) is 6.05. The van der Waals surface area contributed by atoms with Gasteiger partial charge in [0.05, 0.1) is 12.5 Å². The summed E-state index contributed by atoms with van der Waals surface area (Å²) < 4.78 is 5.02. The minimum Gasteiger partial charge on any atom is -0.504 e. The molecular weight excluding hydrogens is 242 g/mol. The third-order valence-electron chi connectivity index (χ3n) is 2.60. The Morgan fingerprint density at radius 1 is 1.59 bits per heavy atom. The Hall–Kier alpha value is -1.40. The molecule has 5 nitrogen and oxygen atoms in total. The van der Waals surface area contributed by atoms with E-state index in [1.165, 1.54) is 18.9 Å². The van der Waals surface area contributed by atoms with Crippen molar-refractivity contribution < 1.29 is 19.7 Å². The van der Waals surface area contributed by atoms with Crippen LogP contribution in [0.4, 0.5) is 0 Å². The maximum absolute atomic E-state index is 10.8. The second kappa shape index (κ2) is 4.85. The van der Waals surface area contributed by atoms with Gasteiger partial charge in [0.2, 0.25) is 0 Å². The number of carboxylic acid groups (broad SMARTS) is 1. The number of rotatable bonds is 3. The molecule has 0 amide bonds. The van der Waals surface area contributed by atoms with E-state index in [1.807, 2.05) is 0 Å². The minimum absolute atomic E-state index is 0.0611. The first-order valence-electron chi connectivity index (χ1n) is 5.11. The number of nitrogens with one attached hydrogen (secondary N) is 1. The fraction of sp³-hybridized carbons (Fsp3) is 0.364. The lowest BCUT2D eigenvalue weighted by atomic mass is 10.2. The van der Waals surface area contributed by atoms with Crippen molar-refractivity contribution >= 4 is 17.7 Å². The zero-order valence-corrected chi connectivity index (χ0v) is 10.0. The Balaban J connectivity index is 2.22. The van der Waals surface area contributed by atoms with Gasteiger partial charge in [-0.2, -0.15) is 0 Å². The summed E-state index contributed by atoms with van der Waals surface area (Å²) in [5.74, 6) is -0.387. The van der Waals surface area contributed by atoms with Crippen LogP contribution in [0, 0.1) is 0 Å². The molecule has 0 unspecified atom stereocenters. The molecule has 0 radical (unpaired) electrons. The second-order valence-corrected chi connectivity index (χ2v) is 4.96. The normalized spacial score (nSPS) is 23.6. The lowest BCUT2D eigenvalue weighted by molar-refractivity contribution is -0.136. The average molecular weight is 255 g/mol. The molecule has 0 saturated carbocycles. The number of phenols is 1. The molecule has 17 heavy (non-hydrogen) atoms. The highest BCUT2D eigenvalue weighted by Crippen LogP contribution is 2.42. The van der Waals surface area contributed by atoms with Crippen LogP contribution < -0.4 is 10.1 Å². The number of ether oxygens (including phenoxy) is 1. The number of benzene rings is 1. The molecule has 92 valence electrons. The molecular formula is C11H13NO4S. The molecule has 0 aromatic heterocycles. The lowest BCUT2D eigenvalue weighted by Gasteiger charge is -2.14. The molecule has 0 aliphatic carbocycles. The molecule has 1 fully saturated rings. The molecule has 1 saturated heterocycles. The van der Waals surface area contributed by atoms with Crippen molar-refractivity contribution in [3.05, 3.63) is 23.8 Å². The number of aromatic hydroxyl groups is 1. The van der Waals surface area contributed by atoms with Crippen LogP contribution >= 0.6 is 11.8 Å². The Morgan fingerprint density at radius 2 is 2.35 bits per heavy atom. The van der Waals surface area contributed by atoms with Crippen molar-refractivity contribution in [3.8, 4) is 11.5 Å². The van der Waals surface area contributed by atoms with E-state index in [0.717, 1.165) is 0 Å². The molecule has 2 rings (SSSR count). The minimum atomic E-state index is -0.840. The Kier molecular flexibility index (Phi) is 3.44. The number of carboxylic acids is 1. The number of aliphatic carboxylic acids is 1. The smallest absolute Gasteiger partial charge is 0.318 e. The van der Waals surface area contributed by atoms with Gasteiger partial charge in [-0.05, 0) is 6.07 Å². The molecule has 1 aromatic rings. The highest BCUT2D eigenvalue weighted by molar-refractivity contribution is 8.01. The molecule has 1 heterocycles. The third-order valence-corrected chi connectivity index (χ3v) is 3.99. The van der Waals surface area contributed by atoms with Crippen molar-refractivity contribution in [1.29, 1.82) is 0 Å². The van der Waals surface area contributed by atoms with E-state index in [4.69, 9.17) is 9.84 Å². The zero-order valence-electron chi connectivity index (χ0n) is 9.21. The Morgan fingerprint density at radius 3 is 2.94 bits per heavy atom. The predicted octanol–water partition coefficient (Wildman–Crippen LogP) is 1.19. The van der Waals surface area contributed by atoms with Crippen molar-refractivity contribution in [2.45, 2.75) is 10.6 Å². The summed E-state index contributed by atoms with van der Waals surface area (Å²) in [6, 6.07) is 5.18. The number of hydrogen-bond acceptors (Lipinski definition) is 5. The summed E-state index contributed by atoms with van der Waals surface area (Å²) in [7, 11) is 1.48. The predicted molar refractivity (Wildman–Crippen MR) is 64.4 cm³/mol. The molecule has 1 aliphatic rings. The molecule has 1 aromatic carbocycles. The number of carbonyl (C=O) groups is 1. The van der Waals surface area contributed by atoms with E-state index in [0.29, 0.717) is 17.9 Å². The van der Waals surface area contributed by atoms with Gasteiger partial charge in [0.1, 0.15) is 5.25 Å². The summed E-state index contributed by atoms with van der Waals surface area (Å²) in [5.41, 5.74) is 0.651. The van der Waals surface area contributed by atoms with E-state index in [1.54, 1.807) is 18.2 Å². The summed E-state index contributed by atoms with van der Waals surface area (Å²) in [6.45, 7) is 0.390. The van der Waals surface area contributed by atoms with Crippen LogP contribution in [0.25, 0.3) is 0 Å². The fourth-order valence-electron chi connectivity index (χ4n) is 1.72. The van der Waals surface area contributed by atoms with Gasteiger partial charge in [-0.1, -0.05) is 12.1 Å². The highest BCUT2D eigenvalue weighted by Gasteiger charge is 2.32. The second-order valence-electron chi connectivity index (χ2n) is 3.65. The molecule has 3 N–H and O–H groups in total. The third kappa shape index (κ3) is 2.32. The molecule has 0 bridgehead atoms. The number of hydrogen-bond donors (Lipinski definition) is 3. The maximum Gasteiger partial charge on any atom is 0.318 e. The monoisotopic (exact) mass is 255 g/mol. The van der Waals surface area contributed by atoms with Crippen LogP contribution in [0.2, 0.25) is 0 Å². The average Bonchev–Trinajstić information content (AvgIpc) is 2.78. The summed E-state index contributed by atoms with van der Waals surface area (Å²) in [4.78, 5) is 10.8. The van der Waals surface area contributed by atoms with Gasteiger partial charge >= 0.3 is 5.97 Å². The number of para-hydroxylation sites is 1. The first kappa shape index (κ1) is 12.1. The first-order chi connectivity index (χ1) is 8.13. The Labute approximate surface area is 103 Å². The molecule has 1 aliphatic heterocycles. The van der Waals surface area contributed by atoms with Crippen LogP contribution in [0.3, 0.4) is 0 Å². The van der Waals surface area contributed by atoms with Crippen LogP contribution in [0.1, 0.15) is 10.9 Å². The summed E-state index contributed by atoms with van der Waals surface area (Å²) in [6.07, 6.45) is 0. The quantitative estimate of drug-likeness (QED) is 0.753. The lowest BCUT2D eigenvalue weighted by Crippen LogP contribution is -2.21. The highest BCUT2D eigenvalue weighted by atomic mass is 32.2. The van der Waals surface area contributed by atoms with Gasteiger partial charge in [-0.15, -0.1) is 11.8 Å². The van der Waals surface area contributed by atoms with Crippen molar-refractivity contribution in [1.82, 2.24) is 5.32 Å². The SMILES string of the molecule is COc1cccc([C@@H]2NC[C@H](C(=O)O)S2)c1O. The number of thioether (sulfide) groups is 1. The van der Waals surface area contributed by atoms with Gasteiger partial charge in [-0.3, -0.25) is 10.1 Å². The van der Waals surface area contributed by atoms with E-state index in [9.17, 15) is 9.90 Å². The van der Waals surface area contributed by atoms with Crippen molar-refractivity contribution in [3.63, 3.8) is 0 Å². The van der Waals surface area contributed by atoms with E-state index in [-0.39, 0.29) is 11.1 Å². The van der Waals surface area contributed by atoms with Crippen LogP contribution in [0.15, 0.2) is 18.2 Å². The van der Waals surface area contributed by atoms with Crippen molar-refractivity contribution in [2.24, 2.45) is 0 Å². The van der Waals surface area contributed by atoms with Gasteiger partial charge in [0.25, 0.3) is 0 Å². The fourth-order valence-corrected chi connectivity index (χ4v) is 2.89. The van der Waals surface area contributed by atoms with Crippen LogP contribution in [0.5, 0.6) is 11.5 Å². The standard InChI is InChI=1S/C11H13NO4S/c1-16-7-4-2-3-6(9(7)13)10-12-5-8(17-10)11(14)15/h2-4,8,10,12-13H,5H2,1H3,(H,14,15)/t8-,10-/m1/s1. The van der Waals surface area contributed by atoms with E-state index in [2.05, 4.69) is 5.32 Å². The van der Waals surface area contributed by atoms with Gasteiger partial charge in [-0.25, -0.2) is 0 Å².